The molecule has 2 heteroatoms. The Labute approximate surface area is 88.0 Å². The lowest BCUT2D eigenvalue weighted by Crippen LogP contribution is -2.25. The van der Waals surface area contributed by atoms with Crippen LogP contribution in [0.25, 0.3) is 0 Å². The van der Waals surface area contributed by atoms with Gasteiger partial charge < -0.3 is 4.74 Å². The molecule has 0 aliphatic rings. The van der Waals surface area contributed by atoms with Gasteiger partial charge in [0.15, 0.2) is 5.78 Å². The van der Waals surface area contributed by atoms with Crippen LogP contribution in [0.1, 0.15) is 47.5 Å². The van der Waals surface area contributed by atoms with E-state index in [4.69, 9.17) is 4.74 Å². The average Bonchev–Trinajstić information content (AvgIpc) is 2.01. The normalized spacial score (nSPS) is 12.1. The van der Waals surface area contributed by atoms with Crippen molar-refractivity contribution in [2.45, 2.75) is 47.5 Å². The summed E-state index contributed by atoms with van der Waals surface area (Å²) in [6, 6.07) is 0. The molecular formula is C12H24O2. The van der Waals surface area contributed by atoms with Crippen molar-refractivity contribution in [1.29, 1.82) is 0 Å². The Kier molecular flexibility index (Phi) is 6.01. The van der Waals surface area contributed by atoms with Crippen molar-refractivity contribution in [3.05, 3.63) is 0 Å². The fourth-order valence-corrected chi connectivity index (χ4v) is 0.975. The Hall–Kier alpha value is -0.370. The van der Waals surface area contributed by atoms with E-state index in [1.54, 1.807) is 0 Å². The molecule has 0 saturated carbocycles. The van der Waals surface area contributed by atoms with E-state index in [2.05, 4.69) is 13.8 Å². The van der Waals surface area contributed by atoms with Gasteiger partial charge in [0.2, 0.25) is 0 Å². The van der Waals surface area contributed by atoms with Crippen molar-refractivity contribution in [2.75, 3.05) is 13.2 Å². The Balaban J connectivity index is 3.42. The van der Waals surface area contributed by atoms with Crippen LogP contribution in [-0.4, -0.2) is 19.0 Å². The molecule has 0 spiro atoms. The minimum atomic E-state index is -0.266. The highest BCUT2D eigenvalue weighted by atomic mass is 16.5. The largest absolute Gasteiger partial charge is 0.374 e. The highest BCUT2D eigenvalue weighted by molar-refractivity contribution is 5.84. The molecule has 2 nitrogen and oxygen atoms in total. The van der Waals surface area contributed by atoms with Gasteiger partial charge in [-0.2, -0.15) is 0 Å². The van der Waals surface area contributed by atoms with E-state index >= 15 is 0 Å². The molecule has 0 amide bonds. The van der Waals surface area contributed by atoms with E-state index in [9.17, 15) is 4.79 Å². The van der Waals surface area contributed by atoms with Gasteiger partial charge in [-0.25, -0.2) is 0 Å². The van der Waals surface area contributed by atoms with Gasteiger partial charge in [-0.05, 0) is 18.8 Å². The van der Waals surface area contributed by atoms with Crippen LogP contribution in [0.3, 0.4) is 0 Å². The van der Waals surface area contributed by atoms with E-state index in [-0.39, 0.29) is 17.8 Å². The molecule has 0 aromatic heterocycles. The van der Waals surface area contributed by atoms with Gasteiger partial charge in [0.25, 0.3) is 0 Å². The molecule has 0 bridgehead atoms. The minimum Gasteiger partial charge on any atom is -0.374 e. The predicted octanol–water partition coefficient (Wildman–Crippen LogP) is 3.05. The Morgan fingerprint density at radius 3 is 2.29 bits per heavy atom. The van der Waals surface area contributed by atoms with Crippen LogP contribution in [0.4, 0.5) is 0 Å². The third kappa shape index (κ3) is 7.07. The second-order valence-corrected chi connectivity index (χ2v) is 5.26. The molecule has 84 valence electrons. The maximum atomic E-state index is 11.4. The SMILES string of the molecule is CC(C)CCCOCC(=O)C(C)(C)C. The Bertz CT molecular complexity index is 166. The average molecular weight is 200 g/mol. The van der Waals surface area contributed by atoms with Gasteiger partial charge >= 0.3 is 0 Å². The van der Waals surface area contributed by atoms with Gasteiger partial charge in [0.1, 0.15) is 6.61 Å². The maximum Gasteiger partial charge on any atom is 0.163 e. The first-order chi connectivity index (χ1) is 6.34. The van der Waals surface area contributed by atoms with Gasteiger partial charge in [-0.15, -0.1) is 0 Å². The zero-order valence-electron chi connectivity index (χ0n) is 10.2. The number of Topliss-reactive ketones (excluding diaryl/α,β-unsaturated/α-hetero) is 1. The van der Waals surface area contributed by atoms with Crippen LogP contribution in [0.15, 0.2) is 0 Å². The van der Waals surface area contributed by atoms with Crippen molar-refractivity contribution in [3.8, 4) is 0 Å². The molecule has 0 aliphatic heterocycles. The van der Waals surface area contributed by atoms with E-state index < -0.39 is 0 Å². The summed E-state index contributed by atoms with van der Waals surface area (Å²) in [5.41, 5.74) is -0.266. The first kappa shape index (κ1) is 13.6. The quantitative estimate of drug-likeness (QED) is 0.616. The number of hydrogen-bond acceptors (Lipinski definition) is 2. The molecular weight excluding hydrogens is 176 g/mol. The van der Waals surface area contributed by atoms with Crippen LogP contribution in [0.2, 0.25) is 0 Å². The highest BCUT2D eigenvalue weighted by Crippen LogP contribution is 2.14. The topological polar surface area (TPSA) is 26.3 Å². The molecule has 0 rings (SSSR count). The molecule has 0 unspecified atom stereocenters. The Morgan fingerprint density at radius 1 is 1.29 bits per heavy atom. The van der Waals surface area contributed by atoms with Crippen molar-refractivity contribution < 1.29 is 9.53 Å². The van der Waals surface area contributed by atoms with Gasteiger partial charge in [-0.3, -0.25) is 4.79 Å². The van der Waals surface area contributed by atoms with Crippen LogP contribution in [0.5, 0.6) is 0 Å². The number of hydrogen-bond donors (Lipinski definition) is 0. The molecule has 0 radical (unpaired) electrons. The Morgan fingerprint density at radius 2 is 1.86 bits per heavy atom. The van der Waals surface area contributed by atoms with E-state index in [0.29, 0.717) is 6.61 Å². The molecule has 0 fully saturated rings. The lowest BCUT2D eigenvalue weighted by molar-refractivity contribution is -0.131. The van der Waals surface area contributed by atoms with Crippen molar-refractivity contribution in [3.63, 3.8) is 0 Å². The smallest absolute Gasteiger partial charge is 0.163 e. The van der Waals surface area contributed by atoms with Crippen LogP contribution >= 0.6 is 0 Å². The summed E-state index contributed by atoms with van der Waals surface area (Å²) >= 11 is 0. The third-order valence-corrected chi connectivity index (χ3v) is 2.14. The van der Waals surface area contributed by atoms with Crippen LogP contribution in [-0.2, 0) is 9.53 Å². The standard InChI is InChI=1S/C12H24O2/c1-10(2)7-6-8-14-9-11(13)12(3,4)5/h10H,6-9H2,1-5H3. The molecule has 0 aromatic rings. The number of ketones is 1. The predicted molar refractivity (Wildman–Crippen MR) is 59.4 cm³/mol. The summed E-state index contributed by atoms with van der Waals surface area (Å²) in [7, 11) is 0. The summed E-state index contributed by atoms with van der Waals surface area (Å²) in [5.74, 6) is 0.902. The van der Waals surface area contributed by atoms with E-state index in [1.807, 2.05) is 20.8 Å². The van der Waals surface area contributed by atoms with Gasteiger partial charge in [0.05, 0.1) is 0 Å². The number of carbonyl (C=O) groups is 1. The lowest BCUT2D eigenvalue weighted by atomic mass is 9.91. The lowest BCUT2D eigenvalue weighted by Gasteiger charge is -2.16. The fourth-order valence-electron chi connectivity index (χ4n) is 0.975. The number of rotatable bonds is 6. The number of carbonyl (C=O) groups excluding carboxylic acids is 1. The third-order valence-electron chi connectivity index (χ3n) is 2.14. The maximum absolute atomic E-state index is 11.4. The van der Waals surface area contributed by atoms with Crippen LogP contribution < -0.4 is 0 Å². The monoisotopic (exact) mass is 200 g/mol. The summed E-state index contributed by atoms with van der Waals surface area (Å²) in [5, 5.41) is 0. The van der Waals surface area contributed by atoms with Gasteiger partial charge in [0, 0.05) is 12.0 Å². The number of ether oxygens (including phenoxy) is 1. The summed E-state index contributed by atoms with van der Waals surface area (Å²) in [6.07, 6.45) is 2.22. The molecule has 0 heterocycles. The zero-order valence-corrected chi connectivity index (χ0v) is 10.2. The molecule has 14 heavy (non-hydrogen) atoms. The molecule has 0 N–H and O–H groups in total. The first-order valence-electron chi connectivity index (χ1n) is 5.45. The first-order valence-corrected chi connectivity index (χ1v) is 5.45. The fraction of sp³-hybridized carbons (Fsp3) is 0.917. The van der Waals surface area contributed by atoms with E-state index in [0.717, 1.165) is 12.3 Å². The molecule has 0 atom stereocenters. The summed E-state index contributed by atoms with van der Waals surface area (Å²) < 4.78 is 5.32. The van der Waals surface area contributed by atoms with Crippen molar-refractivity contribution in [1.82, 2.24) is 0 Å². The zero-order chi connectivity index (χ0) is 11.2. The van der Waals surface area contributed by atoms with Crippen molar-refractivity contribution >= 4 is 5.78 Å². The van der Waals surface area contributed by atoms with E-state index in [1.165, 1.54) is 6.42 Å². The van der Waals surface area contributed by atoms with Gasteiger partial charge in [-0.1, -0.05) is 34.6 Å². The molecule has 0 saturated heterocycles. The summed E-state index contributed by atoms with van der Waals surface area (Å²) in [6.45, 7) is 11.1. The second kappa shape index (κ2) is 6.18. The highest BCUT2D eigenvalue weighted by Gasteiger charge is 2.20. The molecule has 0 aromatic carbocycles. The molecule has 0 aliphatic carbocycles. The van der Waals surface area contributed by atoms with Crippen molar-refractivity contribution in [2.24, 2.45) is 11.3 Å². The van der Waals surface area contributed by atoms with Crippen LogP contribution in [0, 0.1) is 11.3 Å². The minimum absolute atomic E-state index is 0.182. The second-order valence-electron chi connectivity index (χ2n) is 5.26. The summed E-state index contributed by atoms with van der Waals surface area (Å²) in [4.78, 5) is 11.4.